The van der Waals surface area contributed by atoms with Gasteiger partial charge in [0, 0.05) is 17.5 Å². The minimum atomic E-state index is -0.0996. The summed E-state index contributed by atoms with van der Waals surface area (Å²) >= 11 is 1.81. The van der Waals surface area contributed by atoms with Crippen LogP contribution in [0.3, 0.4) is 0 Å². The molecule has 0 heterocycles. The Balaban J connectivity index is 2.19. The van der Waals surface area contributed by atoms with E-state index in [1.807, 2.05) is 55.1 Å². The molecule has 3 N–H and O–H groups in total. The number of hydrogen-bond donors (Lipinski definition) is 2. The van der Waals surface area contributed by atoms with Gasteiger partial charge in [0.1, 0.15) is 0 Å². The Hall–Kier alpha value is -1.68. The zero-order valence-electron chi connectivity index (χ0n) is 11.8. The second-order valence-corrected chi connectivity index (χ2v) is 6.14. The zero-order chi connectivity index (χ0) is 14.5. The molecule has 0 bridgehead atoms. The number of nitrogen functional groups attached to an aromatic ring is 1. The van der Waals surface area contributed by atoms with Crippen LogP contribution in [0.2, 0.25) is 0 Å². The van der Waals surface area contributed by atoms with Crippen molar-refractivity contribution in [3.63, 3.8) is 0 Å². The van der Waals surface area contributed by atoms with Crippen LogP contribution >= 0.6 is 11.8 Å². The Labute approximate surface area is 123 Å². The van der Waals surface area contributed by atoms with Crippen LogP contribution < -0.4 is 11.1 Å². The number of carbonyl (C=O) groups is 1. The standard InChI is InChI=1S/C16H20N2OS/c1-3-20-10-11(2)18-16(19)14-8-12-6-4-5-7-13(12)9-15(14)17/h4-9,11H,3,10,17H2,1-2H3,(H,18,19). The molecule has 4 heteroatoms. The zero-order valence-corrected chi connectivity index (χ0v) is 12.7. The minimum Gasteiger partial charge on any atom is -0.398 e. The Morgan fingerprint density at radius 2 is 1.95 bits per heavy atom. The average Bonchev–Trinajstić information content (AvgIpc) is 2.44. The van der Waals surface area contributed by atoms with E-state index in [4.69, 9.17) is 5.73 Å². The lowest BCUT2D eigenvalue weighted by atomic mass is 10.0. The molecular formula is C16H20N2OS. The van der Waals surface area contributed by atoms with Crippen LogP contribution in [0.1, 0.15) is 24.2 Å². The fourth-order valence-corrected chi connectivity index (χ4v) is 2.76. The first-order valence-corrected chi connectivity index (χ1v) is 7.94. The maximum Gasteiger partial charge on any atom is 0.253 e. The highest BCUT2D eigenvalue weighted by Gasteiger charge is 2.13. The summed E-state index contributed by atoms with van der Waals surface area (Å²) < 4.78 is 0. The highest BCUT2D eigenvalue weighted by molar-refractivity contribution is 7.99. The second-order valence-electron chi connectivity index (χ2n) is 4.82. The van der Waals surface area contributed by atoms with Crippen molar-refractivity contribution in [2.75, 3.05) is 17.2 Å². The number of nitrogens with one attached hydrogen (secondary N) is 1. The van der Waals surface area contributed by atoms with E-state index in [0.717, 1.165) is 22.3 Å². The van der Waals surface area contributed by atoms with Crippen molar-refractivity contribution >= 4 is 34.1 Å². The van der Waals surface area contributed by atoms with E-state index < -0.39 is 0 Å². The van der Waals surface area contributed by atoms with Gasteiger partial charge < -0.3 is 11.1 Å². The first-order chi connectivity index (χ1) is 9.61. The Bertz CT molecular complexity index is 612. The third-order valence-electron chi connectivity index (χ3n) is 3.11. The SMILES string of the molecule is CCSCC(C)NC(=O)c1cc2ccccc2cc1N. The molecule has 0 aliphatic carbocycles. The van der Waals surface area contributed by atoms with E-state index in [9.17, 15) is 4.79 Å². The molecule has 0 aromatic heterocycles. The highest BCUT2D eigenvalue weighted by atomic mass is 32.2. The van der Waals surface area contributed by atoms with Crippen LogP contribution in [0.4, 0.5) is 5.69 Å². The van der Waals surface area contributed by atoms with Crippen molar-refractivity contribution in [2.45, 2.75) is 19.9 Å². The molecule has 0 radical (unpaired) electrons. The third kappa shape index (κ3) is 3.45. The maximum atomic E-state index is 12.3. The number of thioether (sulfide) groups is 1. The van der Waals surface area contributed by atoms with Crippen molar-refractivity contribution < 1.29 is 4.79 Å². The molecule has 20 heavy (non-hydrogen) atoms. The molecule has 1 amide bonds. The molecule has 1 atom stereocenters. The van der Waals surface area contributed by atoms with Gasteiger partial charge in [-0.1, -0.05) is 31.2 Å². The summed E-state index contributed by atoms with van der Waals surface area (Å²) in [5.74, 6) is 1.87. The topological polar surface area (TPSA) is 55.1 Å². The lowest BCUT2D eigenvalue weighted by Gasteiger charge is -2.14. The number of nitrogens with two attached hydrogens (primary N) is 1. The number of fused-ring (bicyclic) bond motifs is 1. The molecule has 0 aliphatic rings. The number of benzene rings is 2. The third-order valence-corrected chi connectivity index (χ3v) is 4.26. The van der Waals surface area contributed by atoms with Crippen LogP contribution in [0.15, 0.2) is 36.4 Å². The number of anilines is 1. The molecule has 0 spiro atoms. The van der Waals surface area contributed by atoms with E-state index in [2.05, 4.69) is 12.2 Å². The van der Waals surface area contributed by atoms with Crippen LogP contribution in [0, 0.1) is 0 Å². The van der Waals surface area contributed by atoms with E-state index in [-0.39, 0.29) is 11.9 Å². The van der Waals surface area contributed by atoms with Gasteiger partial charge in [-0.15, -0.1) is 0 Å². The number of rotatable bonds is 5. The van der Waals surface area contributed by atoms with Gasteiger partial charge in [-0.25, -0.2) is 0 Å². The maximum absolute atomic E-state index is 12.3. The largest absolute Gasteiger partial charge is 0.398 e. The monoisotopic (exact) mass is 288 g/mol. The van der Waals surface area contributed by atoms with Gasteiger partial charge in [0.15, 0.2) is 0 Å². The van der Waals surface area contributed by atoms with Crippen LogP contribution in [-0.4, -0.2) is 23.5 Å². The Morgan fingerprint density at radius 3 is 2.60 bits per heavy atom. The molecule has 106 valence electrons. The summed E-state index contributed by atoms with van der Waals surface area (Å²) in [6, 6.07) is 11.8. The van der Waals surface area contributed by atoms with Gasteiger partial charge in [-0.2, -0.15) is 11.8 Å². The van der Waals surface area contributed by atoms with Crippen molar-refractivity contribution in [3.05, 3.63) is 42.0 Å². The Morgan fingerprint density at radius 1 is 1.30 bits per heavy atom. The van der Waals surface area contributed by atoms with E-state index >= 15 is 0 Å². The van der Waals surface area contributed by atoms with Gasteiger partial charge in [0.2, 0.25) is 0 Å². The lowest BCUT2D eigenvalue weighted by Crippen LogP contribution is -2.34. The smallest absolute Gasteiger partial charge is 0.253 e. The quantitative estimate of drug-likeness (QED) is 0.830. The normalized spacial score (nSPS) is 12.3. The van der Waals surface area contributed by atoms with Crippen LogP contribution in [0.25, 0.3) is 10.8 Å². The van der Waals surface area contributed by atoms with Gasteiger partial charge in [-0.3, -0.25) is 4.79 Å². The molecule has 1 unspecified atom stereocenters. The fourth-order valence-electron chi connectivity index (χ4n) is 2.09. The van der Waals surface area contributed by atoms with Gasteiger partial charge in [-0.05, 0) is 35.6 Å². The minimum absolute atomic E-state index is 0.0996. The van der Waals surface area contributed by atoms with Gasteiger partial charge >= 0.3 is 0 Å². The molecular weight excluding hydrogens is 268 g/mol. The van der Waals surface area contributed by atoms with Gasteiger partial charge in [0.25, 0.3) is 5.91 Å². The van der Waals surface area contributed by atoms with Crippen LogP contribution in [-0.2, 0) is 0 Å². The fraction of sp³-hybridized carbons (Fsp3) is 0.312. The second kappa shape index (κ2) is 6.66. The van der Waals surface area contributed by atoms with E-state index in [0.29, 0.717) is 11.3 Å². The molecule has 3 nitrogen and oxygen atoms in total. The summed E-state index contributed by atoms with van der Waals surface area (Å²) in [6.45, 7) is 4.12. The molecule has 0 aliphatic heterocycles. The summed E-state index contributed by atoms with van der Waals surface area (Å²) in [5, 5.41) is 5.08. The van der Waals surface area contributed by atoms with Crippen molar-refractivity contribution in [1.29, 1.82) is 0 Å². The summed E-state index contributed by atoms with van der Waals surface area (Å²) in [6.07, 6.45) is 0. The van der Waals surface area contributed by atoms with Crippen molar-refractivity contribution in [1.82, 2.24) is 5.32 Å². The summed E-state index contributed by atoms with van der Waals surface area (Å²) in [7, 11) is 0. The average molecular weight is 288 g/mol. The van der Waals surface area contributed by atoms with Crippen molar-refractivity contribution in [3.8, 4) is 0 Å². The first kappa shape index (κ1) is 14.7. The van der Waals surface area contributed by atoms with Crippen LogP contribution in [0.5, 0.6) is 0 Å². The highest BCUT2D eigenvalue weighted by Crippen LogP contribution is 2.22. The first-order valence-electron chi connectivity index (χ1n) is 6.78. The molecule has 0 saturated heterocycles. The number of carbonyl (C=O) groups excluding carboxylic acids is 1. The predicted molar refractivity (Wildman–Crippen MR) is 88.3 cm³/mol. The molecule has 2 aromatic rings. The van der Waals surface area contributed by atoms with E-state index in [1.165, 1.54) is 0 Å². The van der Waals surface area contributed by atoms with E-state index in [1.54, 1.807) is 0 Å². The van der Waals surface area contributed by atoms with Crippen molar-refractivity contribution in [2.24, 2.45) is 0 Å². The summed E-state index contributed by atoms with van der Waals surface area (Å²) in [4.78, 5) is 12.3. The lowest BCUT2D eigenvalue weighted by molar-refractivity contribution is 0.0945. The summed E-state index contributed by atoms with van der Waals surface area (Å²) in [5.41, 5.74) is 7.07. The number of amides is 1. The predicted octanol–water partition coefficient (Wildman–Crippen LogP) is 3.29. The number of hydrogen-bond acceptors (Lipinski definition) is 3. The molecule has 0 fully saturated rings. The molecule has 0 saturated carbocycles. The molecule has 2 aromatic carbocycles. The Kier molecular flexibility index (Phi) is 4.90. The molecule has 2 rings (SSSR count). The van der Waals surface area contributed by atoms with Gasteiger partial charge in [0.05, 0.1) is 5.56 Å².